The van der Waals surface area contributed by atoms with Crippen molar-refractivity contribution in [3.8, 4) is 11.6 Å². The first-order chi connectivity index (χ1) is 7.25. The van der Waals surface area contributed by atoms with E-state index in [-0.39, 0.29) is 0 Å². The summed E-state index contributed by atoms with van der Waals surface area (Å²) in [4.78, 5) is 8.02. The maximum atomic E-state index is 5.92. The molecule has 0 bridgehead atoms. The van der Waals surface area contributed by atoms with E-state index in [9.17, 15) is 0 Å². The zero-order chi connectivity index (χ0) is 10.7. The molecule has 15 heavy (non-hydrogen) atoms. The Bertz CT molecular complexity index is 461. The zero-order valence-electron chi connectivity index (χ0n) is 7.52. The van der Waals surface area contributed by atoms with Crippen molar-refractivity contribution >= 4 is 27.5 Å². The molecular weight excluding hydrogens is 279 g/mol. The van der Waals surface area contributed by atoms with Crippen LogP contribution in [0.4, 0.5) is 0 Å². The van der Waals surface area contributed by atoms with Crippen molar-refractivity contribution in [2.24, 2.45) is 0 Å². The van der Waals surface area contributed by atoms with E-state index in [4.69, 9.17) is 16.3 Å². The van der Waals surface area contributed by atoms with Gasteiger partial charge in [0.25, 0.3) is 0 Å². The summed E-state index contributed by atoms with van der Waals surface area (Å²) in [6.07, 6.45) is 3.08. The lowest BCUT2D eigenvalue weighted by Crippen LogP contribution is -1.89. The number of nitrogens with zero attached hydrogens (tertiary/aromatic N) is 2. The number of rotatable bonds is 2. The van der Waals surface area contributed by atoms with Crippen LogP contribution in [0.25, 0.3) is 0 Å². The van der Waals surface area contributed by atoms with Gasteiger partial charge in [0.15, 0.2) is 0 Å². The zero-order valence-corrected chi connectivity index (χ0v) is 9.86. The summed E-state index contributed by atoms with van der Waals surface area (Å²) in [6.45, 7) is 0. The second kappa shape index (κ2) is 4.59. The van der Waals surface area contributed by atoms with Crippen LogP contribution in [0, 0.1) is 0 Å². The van der Waals surface area contributed by atoms with Crippen LogP contribution in [0.3, 0.4) is 0 Å². The standard InChI is InChI=1S/C10H6BrClN2O/c11-9-5-14-10(6-13-9)15-8-4-2-1-3-7(8)12/h1-6H. The van der Waals surface area contributed by atoms with Crippen LogP contribution in [-0.4, -0.2) is 9.97 Å². The lowest BCUT2D eigenvalue weighted by molar-refractivity contribution is 0.460. The highest BCUT2D eigenvalue weighted by atomic mass is 79.9. The van der Waals surface area contributed by atoms with E-state index < -0.39 is 0 Å². The normalized spacial score (nSPS) is 10.0. The first-order valence-corrected chi connectivity index (χ1v) is 5.33. The van der Waals surface area contributed by atoms with E-state index in [1.165, 1.54) is 6.20 Å². The van der Waals surface area contributed by atoms with E-state index in [0.29, 0.717) is 21.3 Å². The molecule has 0 amide bonds. The van der Waals surface area contributed by atoms with Crippen LogP contribution in [0.2, 0.25) is 5.02 Å². The molecule has 2 aromatic rings. The Morgan fingerprint density at radius 2 is 1.93 bits per heavy atom. The number of hydrogen-bond donors (Lipinski definition) is 0. The third-order valence-corrected chi connectivity index (χ3v) is 2.37. The van der Waals surface area contributed by atoms with E-state index in [1.54, 1.807) is 18.3 Å². The molecule has 0 radical (unpaired) electrons. The van der Waals surface area contributed by atoms with Crippen molar-refractivity contribution < 1.29 is 4.74 Å². The van der Waals surface area contributed by atoms with Gasteiger partial charge in [0.2, 0.25) is 5.88 Å². The maximum absolute atomic E-state index is 5.92. The molecule has 1 heterocycles. The number of aromatic nitrogens is 2. The number of para-hydroxylation sites is 1. The second-order valence-corrected chi connectivity index (χ2v) is 3.93. The van der Waals surface area contributed by atoms with Crippen LogP contribution in [0.5, 0.6) is 11.6 Å². The Balaban J connectivity index is 2.22. The van der Waals surface area contributed by atoms with Gasteiger partial charge < -0.3 is 4.74 Å². The topological polar surface area (TPSA) is 35.0 Å². The fourth-order valence-corrected chi connectivity index (χ4v) is 1.37. The van der Waals surface area contributed by atoms with Crippen molar-refractivity contribution in [2.75, 3.05) is 0 Å². The van der Waals surface area contributed by atoms with Gasteiger partial charge in [-0.3, -0.25) is 0 Å². The highest BCUT2D eigenvalue weighted by Crippen LogP contribution is 2.27. The molecule has 0 aliphatic heterocycles. The number of hydrogen-bond acceptors (Lipinski definition) is 3. The van der Waals surface area contributed by atoms with Gasteiger partial charge in [-0.2, -0.15) is 0 Å². The molecule has 0 atom stereocenters. The van der Waals surface area contributed by atoms with Crippen LogP contribution in [-0.2, 0) is 0 Å². The fraction of sp³-hybridized carbons (Fsp3) is 0. The predicted octanol–water partition coefficient (Wildman–Crippen LogP) is 3.68. The minimum absolute atomic E-state index is 0.409. The molecule has 1 aromatic carbocycles. The molecule has 76 valence electrons. The summed E-state index contributed by atoms with van der Waals surface area (Å²) in [6, 6.07) is 7.20. The molecule has 0 saturated carbocycles. The lowest BCUT2D eigenvalue weighted by Gasteiger charge is -2.05. The first-order valence-electron chi connectivity index (χ1n) is 4.15. The first kappa shape index (κ1) is 10.4. The van der Waals surface area contributed by atoms with Gasteiger partial charge >= 0.3 is 0 Å². The molecule has 3 nitrogen and oxygen atoms in total. The molecule has 0 unspecified atom stereocenters. The van der Waals surface area contributed by atoms with Crippen LogP contribution >= 0.6 is 27.5 Å². The Labute approximate surface area is 100 Å². The molecule has 0 aliphatic carbocycles. The minimum atomic E-state index is 0.409. The average molecular weight is 286 g/mol. The second-order valence-electron chi connectivity index (χ2n) is 2.71. The molecular formula is C10H6BrClN2O. The van der Waals surface area contributed by atoms with E-state index in [2.05, 4.69) is 25.9 Å². The van der Waals surface area contributed by atoms with Gasteiger partial charge in [0.1, 0.15) is 10.4 Å². The lowest BCUT2D eigenvalue weighted by atomic mass is 10.3. The average Bonchev–Trinajstić information content (AvgIpc) is 2.25. The largest absolute Gasteiger partial charge is 0.436 e. The maximum Gasteiger partial charge on any atom is 0.237 e. The summed E-state index contributed by atoms with van der Waals surface area (Å²) < 4.78 is 6.10. The Hall–Kier alpha value is -1.13. The summed E-state index contributed by atoms with van der Waals surface area (Å²) in [7, 11) is 0. The molecule has 0 aliphatic rings. The molecule has 2 rings (SSSR count). The van der Waals surface area contributed by atoms with E-state index in [1.807, 2.05) is 12.1 Å². The monoisotopic (exact) mass is 284 g/mol. The van der Waals surface area contributed by atoms with Gasteiger partial charge in [-0.25, -0.2) is 9.97 Å². The molecule has 0 saturated heterocycles. The van der Waals surface area contributed by atoms with Crippen LogP contribution < -0.4 is 4.74 Å². The van der Waals surface area contributed by atoms with Gasteiger partial charge in [-0.15, -0.1) is 0 Å². The summed E-state index contributed by atoms with van der Waals surface area (Å²) in [5, 5.41) is 0.544. The molecule has 0 spiro atoms. The van der Waals surface area contributed by atoms with Crippen LogP contribution in [0.1, 0.15) is 0 Å². The summed E-state index contributed by atoms with van der Waals surface area (Å²) in [5.41, 5.74) is 0. The number of halogens is 2. The smallest absolute Gasteiger partial charge is 0.237 e. The van der Waals surface area contributed by atoms with Crippen molar-refractivity contribution in [2.45, 2.75) is 0 Å². The van der Waals surface area contributed by atoms with Gasteiger partial charge in [0.05, 0.1) is 17.4 Å². The van der Waals surface area contributed by atoms with E-state index in [0.717, 1.165) is 0 Å². The summed E-state index contributed by atoms with van der Waals surface area (Å²) >= 11 is 9.11. The Morgan fingerprint density at radius 3 is 2.60 bits per heavy atom. The fourth-order valence-electron chi connectivity index (χ4n) is 0.993. The van der Waals surface area contributed by atoms with Crippen molar-refractivity contribution in [1.29, 1.82) is 0 Å². The predicted molar refractivity (Wildman–Crippen MR) is 61.3 cm³/mol. The molecule has 0 N–H and O–H groups in total. The Morgan fingerprint density at radius 1 is 1.13 bits per heavy atom. The Kier molecular flexibility index (Phi) is 3.18. The minimum Gasteiger partial charge on any atom is -0.436 e. The summed E-state index contributed by atoms with van der Waals surface area (Å²) in [5.74, 6) is 0.974. The number of benzene rings is 1. The van der Waals surface area contributed by atoms with Crippen molar-refractivity contribution in [1.82, 2.24) is 9.97 Å². The molecule has 1 aromatic heterocycles. The van der Waals surface area contributed by atoms with Gasteiger partial charge in [0, 0.05) is 0 Å². The molecule has 0 fully saturated rings. The SMILES string of the molecule is Clc1ccccc1Oc1cnc(Br)cn1. The quantitative estimate of drug-likeness (QED) is 0.844. The highest BCUT2D eigenvalue weighted by molar-refractivity contribution is 9.10. The number of ether oxygens (including phenoxy) is 1. The third-order valence-electron chi connectivity index (χ3n) is 1.65. The van der Waals surface area contributed by atoms with Gasteiger partial charge in [-0.05, 0) is 28.1 Å². The molecule has 5 heteroatoms. The highest BCUT2D eigenvalue weighted by Gasteiger charge is 2.02. The third kappa shape index (κ3) is 2.67. The van der Waals surface area contributed by atoms with Crippen molar-refractivity contribution in [3.63, 3.8) is 0 Å². The van der Waals surface area contributed by atoms with Gasteiger partial charge in [-0.1, -0.05) is 23.7 Å². The van der Waals surface area contributed by atoms with Crippen molar-refractivity contribution in [3.05, 3.63) is 46.3 Å². The van der Waals surface area contributed by atoms with Crippen LogP contribution in [0.15, 0.2) is 41.3 Å². The van der Waals surface area contributed by atoms with E-state index >= 15 is 0 Å².